The molecule has 1 fully saturated rings. The van der Waals surface area contributed by atoms with Crippen molar-refractivity contribution in [2.45, 2.75) is 26.6 Å². The van der Waals surface area contributed by atoms with Gasteiger partial charge in [0.25, 0.3) is 0 Å². The summed E-state index contributed by atoms with van der Waals surface area (Å²) in [6.45, 7) is 5.32. The van der Waals surface area contributed by atoms with Gasteiger partial charge in [0.1, 0.15) is 12.3 Å². The number of carbonyl (C=O) groups excluding carboxylic acids is 1. The molecule has 30 heavy (non-hydrogen) atoms. The Bertz CT molecular complexity index is 956. The van der Waals surface area contributed by atoms with Crippen LogP contribution in [-0.2, 0) is 17.5 Å². The quantitative estimate of drug-likeness (QED) is 0.532. The molecule has 1 aliphatic rings. The minimum Gasteiger partial charge on any atom is -0.496 e. The molecule has 164 valence electrons. The summed E-state index contributed by atoms with van der Waals surface area (Å²) in [7, 11) is 1.63. The van der Waals surface area contributed by atoms with Crippen LogP contribution in [0.25, 0.3) is 0 Å². The second kappa shape index (κ2) is 8.81. The minimum atomic E-state index is -4.66. The van der Waals surface area contributed by atoms with Crippen LogP contribution in [0.3, 0.4) is 0 Å². The number of benzene rings is 1. The molecule has 0 bridgehead atoms. The fraction of sp³-hybridized carbons (Fsp3) is 0.474. The number of aryl methyl sites for hydroxylation is 1. The maximum absolute atomic E-state index is 13.0. The Kier molecular flexibility index (Phi) is 6.75. The number of rotatable bonds is 4. The molecule has 0 saturated carbocycles. The zero-order valence-corrected chi connectivity index (χ0v) is 19.6. The summed E-state index contributed by atoms with van der Waals surface area (Å²) < 4.78 is 46.4. The van der Waals surface area contributed by atoms with E-state index in [0.717, 1.165) is 25.3 Å². The van der Waals surface area contributed by atoms with Gasteiger partial charge in [-0.15, -0.1) is 0 Å². The number of alkyl halides is 3. The molecular formula is C19H21ClF3IN4O2. The molecule has 1 saturated heterocycles. The second-order valence-corrected chi connectivity index (χ2v) is 8.58. The number of aromatic nitrogens is 2. The van der Waals surface area contributed by atoms with E-state index in [-0.39, 0.29) is 18.1 Å². The molecule has 0 N–H and O–H groups in total. The van der Waals surface area contributed by atoms with E-state index in [1.54, 1.807) is 12.0 Å². The highest BCUT2D eigenvalue weighted by Crippen LogP contribution is 2.35. The average molecular weight is 557 g/mol. The molecule has 1 aromatic carbocycles. The van der Waals surface area contributed by atoms with Crippen molar-refractivity contribution in [3.05, 3.63) is 37.7 Å². The van der Waals surface area contributed by atoms with Gasteiger partial charge >= 0.3 is 6.18 Å². The molecule has 1 aliphatic heterocycles. The number of methoxy groups -OCH3 is 1. The van der Waals surface area contributed by atoms with E-state index in [1.807, 2.05) is 13.0 Å². The number of nitrogens with zero attached hydrogens (tertiary/aromatic N) is 4. The van der Waals surface area contributed by atoms with E-state index in [2.05, 4.69) is 38.7 Å². The third kappa shape index (κ3) is 4.63. The first-order valence-corrected chi connectivity index (χ1v) is 10.7. The first-order chi connectivity index (χ1) is 14.0. The number of carbonyl (C=O) groups is 1. The van der Waals surface area contributed by atoms with Crippen LogP contribution in [0, 0.1) is 17.4 Å². The van der Waals surface area contributed by atoms with Crippen molar-refractivity contribution < 1.29 is 22.7 Å². The molecule has 11 heteroatoms. The van der Waals surface area contributed by atoms with E-state index in [1.165, 1.54) is 6.92 Å². The van der Waals surface area contributed by atoms with Gasteiger partial charge in [0.2, 0.25) is 5.91 Å². The summed E-state index contributed by atoms with van der Waals surface area (Å²) in [4.78, 5) is 16.5. The molecule has 0 spiro atoms. The monoisotopic (exact) mass is 556 g/mol. The molecule has 0 atom stereocenters. The molecule has 0 radical (unpaired) electrons. The van der Waals surface area contributed by atoms with Crippen LogP contribution in [0.1, 0.15) is 17.0 Å². The van der Waals surface area contributed by atoms with E-state index in [4.69, 9.17) is 16.3 Å². The summed E-state index contributed by atoms with van der Waals surface area (Å²) in [5, 5.41) is 3.03. The first-order valence-electron chi connectivity index (χ1n) is 9.20. The summed E-state index contributed by atoms with van der Waals surface area (Å²) in [5.74, 6) is 0.503. The lowest BCUT2D eigenvalue weighted by Crippen LogP contribution is -2.50. The third-order valence-electron chi connectivity index (χ3n) is 5.13. The van der Waals surface area contributed by atoms with Gasteiger partial charge in [-0.25, -0.2) is 0 Å². The van der Waals surface area contributed by atoms with Crippen molar-refractivity contribution in [3.63, 3.8) is 0 Å². The Hall–Kier alpha value is -1.69. The molecule has 2 aromatic rings. The number of halogens is 5. The Balaban J connectivity index is 1.67. The van der Waals surface area contributed by atoms with Crippen molar-refractivity contribution in [2.75, 3.05) is 38.2 Å². The molecular weight excluding hydrogens is 536 g/mol. The lowest BCUT2D eigenvalue weighted by Gasteiger charge is -2.37. The predicted molar refractivity (Wildman–Crippen MR) is 116 cm³/mol. The maximum Gasteiger partial charge on any atom is 0.436 e. The topological polar surface area (TPSA) is 50.6 Å². The summed E-state index contributed by atoms with van der Waals surface area (Å²) in [5.41, 5.74) is 1.12. The lowest BCUT2D eigenvalue weighted by molar-refractivity contribution is -0.142. The van der Waals surface area contributed by atoms with Gasteiger partial charge in [0.15, 0.2) is 5.69 Å². The van der Waals surface area contributed by atoms with Crippen molar-refractivity contribution in [1.29, 1.82) is 0 Å². The van der Waals surface area contributed by atoms with Gasteiger partial charge in [-0.05, 0) is 48.1 Å². The number of anilines is 1. The number of hydrogen-bond acceptors (Lipinski definition) is 4. The smallest absolute Gasteiger partial charge is 0.436 e. The zero-order valence-electron chi connectivity index (χ0n) is 16.7. The zero-order chi connectivity index (χ0) is 22.2. The highest BCUT2D eigenvalue weighted by Gasteiger charge is 2.38. The fourth-order valence-corrected chi connectivity index (χ4v) is 4.51. The van der Waals surface area contributed by atoms with Gasteiger partial charge in [-0.2, -0.15) is 18.3 Å². The summed E-state index contributed by atoms with van der Waals surface area (Å²) in [6, 6.07) is 4.04. The van der Waals surface area contributed by atoms with E-state index >= 15 is 0 Å². The Morgan fingerprint density at radius 3 is 2.40 bits per heavy atom. The van der Waals surface area contributed by atoms with Gasteiger partial charge in [-0.3, -0.25) is 9.48 Å². The second-order valence-electron chi connectivity index (χ2n) is 7.04. The van der Waals surface area contributed by atoms with Crippen LogP contribution in [-0.4, -0.2) is 53.9 Å². The first kappa shape index (κ1) is 23.0. The third-order valence-corrected chi connectivity index (χ3v) is 6.43. The highest BCUT2D eigenvalue weighted by molar-refractivity contribution is 14.1. The van der Waals surface area contributed by atoms with E-state index in [0.29, 0.717) is 26.2 Å². The predicted octanol–water partition coefficient (Wildman–Crippen LogP) is 4.13. The number of piperazine rings is 1. The van der Waals surface area contributed by atoms with Crippen LogP contribution in [0.2, 0.25) is 5.02 Å². The highest BCUT2D eigenvalue weighted by atomic mass is 127. The maximum atomic E-state index is 13.0. The number of amides is 1. The van der Waals surface area contributed by atoms with Crippen molar-refractivity contribution in [3.8, 4) is 5.75 Å². The van der Waals surface area contributed by atoms with Gasteiger partial charge in [0, 0.05) is 37.9 Å². The lowest BCUT2D eigenvalue weighted by atomic mass is 10.1. The Morgan fingerprint density at radius 1 is 1.23 bits per heavy atom. The minimum absolute atomic E-state index is 0.123. The van der Waals surface area contributed by atoms with E-state index < -0.39 is 16.9 Å². The fourth-order valence-electron chi connectivity index (χ4n) is 3.42. The van der Waals surface area contributed by atoms with Gasteiger partial charge in [-0.1, -0.05) is 11.6 Å². The average Bonchev–Trinajstić information content (AvgIpc) is 2.97. The van der Waals surface area contributed by atoms with Crippen LogP contribution in [0.15, 0.2) is 12.1 Å². The molecule has 1 aromatic heterocycles. The molecule has 6 nitrogen and oxygen atoms in total. The standard InChI is InChI=1S/C19H21ClF3IN4O2/c1-11-8-13(24)15(30-3)9-14(11)26-4-6-27(7-5-26)16(29)10-28-12(2)17(20)18(25-28)19(21,22)23/h8-9H,4-7,10H2,1-3H3. The van der Waals surface area contributed by atoms with Crippen molar-refractivity contribution in [2.24, 2.45) is 0 Å². The van der Waals surface area contributed by atoms with Crippen molar-refractivity contribution >= 4 is 45.8 Å². The van der Waals surface area contributed by atoms with Crippen LogP contribution < -0.4 is 9.64 Å². The van der Waals surface area contributed by atoms with Crippen LogP contribution >= 0.6 is 34.2 Å². The van der Waals surface area contributed by atoms with Crippen molar-refractivity contribution in [1.82, 2.24) is 14.7 Å². The SMILES string of the molecule is COc1cc(N2CCN(C(=O)Cn3nc(C(F)(F)F)c(Cl)c3C)CC2)c(C)cc1I. The Labute approximate surface area is 191 Å². The Morgan fingerprint density at radius 2 is 1.87 bits per heavy atom. The summed E-state index contributed by atoms with van der Waals surface area (Å²) >= 11 is 7.98. The van der Waals surface area contributed by atoms with Crippen LogP contribution in [0.5, 0.6) is 5.75 Å². The van der Waals surface area contributed by atoms with Gasteiger partial charge in [0.05, 0.1) is 21.4 Å². The molecule has 3 rings (SSSR count). The molecule has 0 unspecified atom stereocenters. The van der Waals surface area contributed by atoms with Gasteiger partial charge < -0.3 is 14.5 Å². The summed E-state index contributed by atoms with van der Waals surface area (Å²) in [6.07, 6.45) is -4.66. The number of hydrogen-bond donors (Lipinski definition) is 0. The molecule has 2 heterocycles. The van der Waals surface area contributed by atoms with E-state index in [9.17, 15) is 18.0 Å². The molecule has 1 amide bonds. The normalized spacial score (nSPS) is 14.9. The number of ether oxygens (including phenoxy) is 1. The molecule has 0 aliphatic carbocycles. The van der Waals surface area contributed by atoms with Crippen LogP contribution in [0.4, 0.5) is 18.9 Å². The largest absolute Gasteiger partial charge is 0.496 e.